The molecule has 0 spiro atoms. The van der Waals surface area contributed by atoms with E-state index in [4.69, 9.17) is 0 Å². The number of aromatic nitrogens is 5. The van der Waals surface area contributed by atoms with Crippen molar-refractivity contribution >= 4 is 28.5 Å². The van der Waals surface area contributed by atoms with E-state index in [1.54, 1.807) is 6.07 Å². The number of hydrogen-bond donors (Lipinski definition) is 1. The number of nitrogens with one attached hydrogen (secondary N) is 1. The highest BCUT2D eigenvalue weighted by molar-refractivity contribution is 5.83. The van der Waals surface area contributed by atoms with Crippen molar-refractivity contribution in [2.75, 3.05) is 50.5 Å². The summed E-state index contributed by atoms with van der Waals surface area (Å²) in [6.07, 6.45) is 7.76. The molecule has 1 aromatic carbocycles. The third-order valence-corrected chi connectivity index (χ3v) is 9.02. The van der Waals surface area contributed by atoms with Gasteiger partial charge in [0.1, 0.15) is 22.9 Å². The molecule has 1 N–H and O–H groups in total. The Labute approximate surface area is 252 Å². The summed E-state index contributed by atoms with van der Waals surface area (Å²) in [5.41, 5.74) is 2.28. The zero-order chi connectivity index (χ0) is 30.2. The Morgan fingerprint density at radius 2 is 1.65 bits per heavy atom. The third kappa shape index (κ3) is 6.05. The number of halogens is 2. The van der Waals surface area contributed by atoms with Crippen molar-refractivity contribution in [3.8, 4) is 11.3 Å². The lowest BCUT2D eigenvalue weighted by molar-refractivity contribution is 0.0960. The van der Waals surface area contributed by atoms with Crippen LogP contribution in [0.1, 0.15) is 51.4 Å². The number of anilines is 3. The van der Waals surface area contributed by atoms with E-state index in [-0.39, 0.29) is 23.2 Å². The molecular weight excluding hydrogens is 548 g/mol. The summed E-state index contributed by atoms with van der Waals surface area (Å²) in [4.78, 5) is 24.9. The van der Waals surface area contributed by atoms with Crippen LogP contribution in [-0.2, 0) is 0 Å². The van der Waals surface area contributed by atoms with Gasteiger partial charge in [-0.3, -0.25) is 0 Å². The summed E-state index contributed by atoms with van der Waals surface area (Å²) < 4.78 is 31.9. The molecule has 0 amide bonds. The predicted octanol–water partition coefficient (Wildman–Crippen LogP) is 5.79. The van der Waals surface area contributed by atoms with Crippen LogP contribution in [-0.4, -0.2) is 86.7 Å². The second-order valence-electron chi connectivity index (χ2n) is 12.3. The zero-order valence-corrected chi connectivity index (χ0v) is 25.7. The molecule has 0 unspecified atom stereocenters. The molecule has 228 valence electrons. The van der Waals surface area contributed by atoms with Crippen LogP contribution in [0.5, 0.6) is 0 Å². The van der Waals surface area contributed by atoms with E-state index in [0.717, 1.165) is 37.8 Å². The number of piperidine rings is 2. The highest BCUT2D eigenvalue weighted by Gasteiger charge is 2.29. The standard InChI is InChI=1S/C32H41F2N9/c1-20(2)43-21(3)37-31-26(33)16-22(17-28(31)43)30-27(34)19-36-32(39-30)38-29-7-6-25(18-35-29)42-14-10-24(11-15-42)41-12-8-23(9-13-41)40(4)5/h6-7,16-20,23-24H,8-15H2,1-5H3,(H,35,36,38,39). The van der Waals surface area contributed by atoms with Crippen LogP contribution in [0.3, 0.4) is 0 Å². The third-order valence-electron chi connectivity index (χ3n) is 9.02. The molecule has 6 rings (SSSR count). The van der Waals surface area contributed by atoms with Gasteiger partial charge in [-0.1, -0.05) is 0 Å². The molecule has 0 aliphatic carbocycles. The first-order valence-electron chi connectivity index (χ1n) is 15.3. The van der Waals surface area contributed by atoms with Gasteiger partial charge in [-0.15, -0.1) is 0 Å². The Hall–Kier alpha value is -3.70. The SMILES string of the molecule is Cc1nc2c(F)cc(-c3nc(Nc4ccc(N5CCC(N6CCC(N(C)C)CC6)CC5)cn4)ncc3F)cc2n1C(C)C. The van der Waals surface area contributed by atoms with Crippen molar-refractivity contribution in [2.24, 2.45) is 0 Å². The molecule has 0 radical (unpaired) electrons. The topological polar surface area (TPSA) is 78.2 Å². The maximum atomic E-state index is 15.0. The van der Waals surface area contributed by atoms with Crippen LogP contribution >= 0.6 is 0 Å². The molecule has 0 atom stereocenters. The first-order valence-corrected chi connectivity index (χ1v) is 15.3. The Morgan fingerprint density at radius 3 is 2.30 bits per heavy atom. The maximum absolute atomic E-state index is 15.0. The monoisotopic (exact) mass is 589 g/mol. The number of benzene rings is 1. The van der Waals surface area contributed by atoms with Crippen LogP contribution in [0.15, 0.2) is 36.7 Å². The number of nitrogens with zero attached hydrogens (tertiary/aromatic N) is 8. The Kier molecular flexibility index (Phi) is 8.28. The molecule has 2 aliphatic rings. The summed E-state index contributed by atoms with van der Waals surface area (Å²) in [6, 6.07) is 8.36. The van der Waals surface area contributed by atoms with E-state index < -0.39 is 11.6 Å². The molecule has 9 nitrogen and oxygen atoms in total. The number of fused-ring (bicyclic) bond motifs is 1. The lowest BCUT2D eigenvalue weighted by Crippen LogP contribution is -2.50. The normalized spacial score (nSPS) is 17.5. The summed E-state index contributed by atoms with van der Waals surface area (Å²) >= 11 is 0. The Bertz CT molecular complexity index is 1570. The molecule has 43 heavy (non-hydrogen) atoms. The second kappa shape index (κ2) is 12.1. The number of pyridine rings is 1. The van der Waals surface area contributed by atoms with E-state index in [0.29, 0.717) is 34.8 Å². The minimum absolute atomic E-state index is 0.0119. The van der Waals surface area contributed by atoms with Crippen molar-refractivity contribution in [3.05, 3.63) is 54.1 Å². The minimum atomic E-state index is -0.634. The van der Waals surface area contributed by atoms with Crippen LogP contribution in [0, 0.1) is 18.6 Å². The molecule has 5 heterocycles. The highest BCUT2D eigenvalue weighted by atomic mass is 19.1. The van der Waals surface area contributed by atoms with E-state index in [2.05, 4.69) is 54.0 Å². The van der Waals surface area contributed by atoms with Gasteiger partial charge >= 0.3 is 0 Å². The van der Waals surface area contributed by atoms with Gasteiger partial charge < -0.3 is 24.6 Å². The summed E-state index contributed by atoms with van der Waals surface area (Å²) in [5, 5.41) is 3.08. The lowest BCUT2D eigenvalue weighted by atomic mass is 9.97. The van der Waals surface area contributed by atoms with Gasteiger partial charge in [-0.2, -0.15) is 0 Å². The zero-order valence-electron chi connectivity index (χ0n) is 25.7. The van der Waals surface area contributed by atoms with Gasteiger partial charge in [0.2, 0.25) is 5.95 Å². The minimum Gasteiger partial charge on any atom is -0.370 e. The van der Waals surface area contributed by atoms with E-state index in [9.17, 15) is 4.39 Å². The fourth-order valence-corrected chi connectivity index (χ4v) is 6.71. The van der Waals surface area contributed by atoms with E-state index >= 15 is 4.39 Å². The van der Waals surface area contributed by atoms with Crippen molar-refractivity contribution in [1.29, 1.82) is 0 Å². The first-order chi connectivity index (χ1) is 20.7. The Balaban J connectivity index is 1.12. The molecule has 2 fully saturated rings. The summed E-state index contributed by atoms with van der Waals surface area (Å²) in [5.74, 6) is 0.286. The fourth-order valence-electron chi connectivity index (χ4n) is 6.71. The summed E-state index contributed by atoms with van der Waals surface area (Å²) in [6.45, 7) is 10.2. The van der Waals surface area contributed by atoms with Gasteiger partial charge in [0.25, 0.3) is 0 Å². The van der Waals surface area contributed by atoms with Crippen molar-refractivity contribution in [3.63, 3.8) is 0 Å². The average Bonchev–Trinajstić information content (AvgIpc) is 3.35. The average molecular weight is 590 g/mol. The largest absolute Gasteiger partial charge is 0.370 e. The molecule has 0 bridgehead atoms. The van der Waals surface area contributed by atoms with Crippen molar-refractivity contribution in [2.45, 2.75) is 64.6 Å². The molecule has 2 aliphatic heterocycles. The molecule has 4 aromatic rings. The Morgan fingerprint density at radius 1 is 0.907 bits per heavy atom. The van der Waals surface area contributed by atoms with Crippen LogP contribution in [0.4, 0.5) is 26.2 Å². The van der Waals surface area contributed by atoms with Crippen molar-refractivity contribution in [1.82, 2.24) is 34.3 Å². The second-order valence-corrected chi connectivity index (χ2v) is 12.3. The predicted molar refractivity (Wildman–Crippen MR) is 167 cm³/mol. The van der Waals surface area contributed by atoms with Crippen LogP contribution < -0.4 is 10.2 Å². The molecule has 2 saturated heterocycles. The van der Waals surface area contributed by atoms with Crippen LogP contribution in [0.2, 0.25) is 0 Å². The molecule has 0 saturated carbocycles. The number of imidazole rings is 1. The maximum Gasteiger partial charge on any atom is 0.229 e. The van der Waals surface area contributed by atoms with E-state index in [1.807, 2.05) is 43.7 Å². The molecular formula is C32H41F2N9. The molecule has 11 heteroatoms. The van der Waals surface area contributed by atoms with Gasteiger partial charge in [-0.25, -0.2) is 28.7 Å². The van der Waals surface area contributed by atoms with E-state index in [1.165, 1.54) is 32.0 Å². The quantitative estimate of drug-likeness (QED) is 0.290. The highest BCUT2D eigenvalue weighted by Crippen LogP contribution is 2.31. The lowest BCUT2D eigenvalue weighted by Gasteiger charge is -2.43. The smallest absolute Gasteiger partial charge is 0.229 e. The number of likely N-dealkylation sites (tertiary alicyclic amines) is 1. The molecule has 3 aromatic heterocycles. The van der Waals surface area contributed by atoms with Crippen LogP contribution in [0.25, 0.3) is 22.3 Å². The van der Waals surface area contributed by atoms with Gasteiger partial charge in [0.05, 0.1) is 23.6 Å². The number of hydrogen-bond acceptors (Lipinski definition) is 8. The van der Waals surface area contributed by atoms with Gasteiger partial charge in [0, 0.05) is 36.8 Å². The van der Waals surface area contributed by atoms with Gasteiger partial charge in [-0.05, 0) is 97.9 Å². The van der Waals surface area contributed by atoms with Gasteiger partial charge in [0.15, 0.2) is 11.6 Å². The number of rotatable bonds is 7. The first kappa shape index (κ1) is 29.4. The van der Waals surface area contributed by atoms with Crippen molar-refractivity contribution < 1.29 is 8.78 Å². The summed E-state index contributed by atoms with van der Waals surface area (Å²) in [7, 11) is 4.37. The fraction of sp³-hybridized carbons (Fsp3) is 0.500. The number of aryl methyl sites for hydroxylation is 1.